The second-order valence-corrected chi connectivity index (χ2v) is 6.02. The van der Waals surface area contributed by atoms with Gasteiger partial charge >= 0.3 is 0 Å². The molecule has 0 aliphatic rings. The molecule has 0 radical (unpaired) electrons. The first-order chi connectivity index (χ1) is 10.8. The van der Waals surface area contributed by atoms with Gasteiger partial charge in [-0.3, -0.25) is 9.71 Å². The molecular weight excluding hydrogens is 323 g/mol. The highest BCUT2D eigenvalue weighted by molar-refractivity contribution is 7.89. The molecule has 2 N–H and O–H groups in total. The first-order valence-electron chi connectivity index (χ1n) is 6.50. The summed E-state index contributed by atoms with van der Waals surface area (Å²) < 4.78 is 45.6. The van der Waals surface area contributed by atoms with Crippen molar-refractivity contribution in [1.82, 2.24) is 10.0 Å². The summed E-state index contributed by atoms with van der Waals surface area (Å²) in [6.07, 6.45) is 2.50. The Morgan fingerprint density at radius 2 is 2.22 bits per heavy atom. The van der Waals surface area contributed by atoms with Crippen molar-refractivity contribution in [3.05, 3.63) is 35.9 Å². The van der Waals surface area contributed by atoms with Crippen LogP contribution in [0.5, 0.6) is 5.75 Å². The molecule has 23 heavy (non-hydrogen) atoms. The van der Waals surface area contributed by atoms with E-state index in [1.807, 2.05) is 6.07 Å². The highest BCUT2D eigenvalue weighted by Gasteiger charge is 2.20. The SMILES string of the molecule is CN/C=C(\C=N/C(C)C#N)NS(=O)(=O)c1cc(OC)ccc1F. The van der Waals surface area contributed by atoms with Gasteiger partial charge in [0, 0.05) is 25.5 Å². The molecule has 9 heteroatoms. The standard InChI is InChI=1S/C14H17FN4O3S/c1-10(7-16)18-9-11(8-17-2)19-23(20,21)14-6-12(22-3)4-5-13(14)15/h4-6,8-10,17,19H,1-3H3/b11-8+,18-9-. The lowest BCUT2D eigenvalue weighted by Gasteiger charge is -2.11. The Hall–Kier alpha value is -2.60. The highest BCUT2D eigenvalue weighted by atomic mass is 32.2. The van der Waals surface area contributed by atoms with E-state index >= 15 is 0 Å². The zero-order valence-corrected chi connectivity index (χ0v) is 13.7. The maximum absolute atomic E-state index is 13.8. The second kappa shape index (κ2) is 8.14. The number of ether oxygens (including phenoxy) is 1. The van der Waals surface area contributed by atoms with E-state index < -0.39 is 26.8 Å². The van der Waals surface area contributed by atoms with Crippen LogP contribution < -0.4 is 14.8 Å². The van der Waals surface area contributed by atoms with Crippen LogP contribution in [0.4, 0.5) is 4.39 Å². The van der Waals surface area contributed by atoms with Crippen molar-refractivity contribution in [1.29, 1.82) is 5.26 Å². The van der Waals surface area contributed by atoms with Crippen LogP contribution in [0.1, 0.15) is 6.92 Å². The van der Waals surface area contributed by atoms with Gasteiger partial charge in [-0.05, 0) is 19.1 Å². The predicted octanol–water partition coefficient (Wildman–Crippen LogP) is 1.16. The largest absolute Gasteiger partial charge is 0.497 e. The lowest BCUT2D eigenvalue weighted by atomic mass is 10.3. The third kappa shape index (κ3) is 5.27. The Morgan fingerprint density at radius 1 is 1.52 bits per heavy atom. The third-order valence-corrected chi connectivity index (χ3v) is 4.00. The van der Waals surface area contributed by atoms with Gasteiger partial charge < -0.3 is 10.1 Å². The number of halogens is 1. The topological polar surface area (TPSA) is 104 Å². The van der Waals surface area contributed by atoms with Crippen molar-refractivity contribution in [2.45, 2.75) is 17.9 Å². The Kier molecular flexibility index (Phi) is 6.53. The van der Waals surface area contributed by atoms with Crippen molar-refractivity contribution in [3.63, 3.8) is 0 Å². The maximum atomic E-state index is 13.8. The van der Waals surface area contributed by atoms with Crippen molar-refractivity contribution in [2.75, 3.05) is 14.2 Å². The number of nitrogens with zero attached hydrogens (tertiary/aromatic N) is 2. The summed E-state index contributed by atoms with van der Waals surface area (Å²) in [4.78, 5) is 3.30. The van der Waals surface area contributed by atoms with Gasteiger partial charge in [0.2, 0.25) is 0 Å². The minimum absolute atomic E-state index is 0.0526. The van der Waals surface area contributed by atoms with Gasteiger partial charge in [0.05, 0.1) is 18.9 Å². The molecular formula is C14H17FN4O3S. The van der Waals surface area contributed by atoms with Crippen LogP contribution in [0.3, 0.4) is 0 Å². The van der Waals surface area contributed by atoms with E-state index in [2.05, 4.69) is 15.0 Å². The normalized spacial score (nSPS) is 13.4. The average molecular weight is 340 g/mol. The molecule has 0 amide bonds. The van der Waals surface area contributed by atoms with E-state index in [4.69, 9.17) is 10.00 Å². The van der Waals surface area contributed by atoms with E-state index in [0.717, 1.165) is 12.1 Å². The molecule has 0 heterocycles. The van der Waals surface area contributed by atoms with Gasteiger partial charge in [-0.15, -0.1) is 0 Å². The fraction of sp³-hybridized carbons (Fsp3) is 0.286. The molecule has 124 valence electrons. The minimum Gasteiger partial charge on any atom is -0.497 e. The summed E-state index contributed by atoms with van der Waals surface area (Å²) in [5.74, 6) is -0.706. The van der Waals surface area contributed by atoms with Gasteiger partial charge in [0.15, 0.2) is 0 Å². The second-order valence-electron chi connectivity index (χ2n) is 4.37. The van der Waals surface area contributed by atoms with Crippen LogP contribution >= 0.6 is 0 Å². The molecule has 0 bridgehead atoms. The van der Waals surface area contributed by atoms with Crippen LogP contribution in [0.25, 0.3) is 0 Å². The molecule has 1 aromatic rings. The van der Waals surface area contributed by atoms with Crippen molar-refractivity contribution < 1.29 is 17.5 Å². The smallest absolute Gasteiger partial charge is 0.265 e. The molecule has 0 aliphatic heterocycles. The number of sulfonamides is 1. The Morgan fingerprint density at radius 3 is 2.78 bits per heavy atom. The zero-order chi connectivity index (χ0) is 17.5. The van der Waals surface area contributed by atoms with Crippen molar-refractivity contribution in [3.8, 4) is 11.8 Å². The first kappa shape index (κ1) is 18.4. The fourth-order valence-corrected chi connectivity index (χ4v) is 2.63. The highest BCUT2D eigenvalue weighted by Crippen LogP contribution is 2.21. The van der Waals surface area contributed by atoms with Gasteiger partial charge in [-0.1, -0.05) is 0 Å². The number of hydrogen-bond donors (Lipinski definition) is 2. The Balaban J connectivity index is 3.15. The molecule has 1 rings (SSSR count). The Bertz CT molecular complexity index is 754. The Labute approximate surface area is 134 Å². The third-order valence-electron chi connectivity index (χ3n) is 2.60. The van der Waals surface area contributed by atoms with Gasteiger partial charge in [-0.25, -0.2) is 12.8 Å². The van der Waals surface area contributed by atoms with Gasteiger partial charge in [-0.2, -0.15) is 5.26 Å². The summed E-state index contributed by atoms with van der Waals surface area (Å²) in [6, 6.07) is 4.62. The number of allylic oxidation sites excluding steroid dienone is 1. The van der Waals surface area contributed by atoms with E-state index in [9.17, 15) is 12.8 Å². The summed E-state index contributed by atoms with van der Waals surface area (Å²) in [5, 5.41) is 11.3. The minimum atomic E-state index is -4.19. The molecule has 1 unspecified atom stereocenters. The van der Waals surface area contributed by atoms with Crippen LogP contribution in [0.15, 0.2) is 40.0 Å². The van der Waals surface area contributed by atoms with Gasteiger partial charge in [0.1, 0.15) is 22.5 Å². The lowest BCUT2D eigenvalue weighted by Crippen LogP contribution is -2.26. The number of benzene rings is 1. The summed E-state index contributed by atoms with van der Waals surface area (Å²) in [5.41, 5.74) is 0.0526. The van der Waals surface area contributed by atoms with Crippen molar-refractivity contribution in [2.24, 2.45) is 4.99 Å². The number of aliphatic imine (C=N–C) groups is 1. The molecule has 0 saturated carbocycles. The molecule has 0 spiro atoms. The fourth-order valence-electron chi connectivity index (χ4n) is 1.50. The number of methoxy groups -OCH3 is 1. The molecule has 1 atom stereocenters. The molecule has 0 aromatic heterocycles. The first-order valence-corrected chi connectivity index (χ1v) is 7.99. The van der Waals surface area contributed by atoms with Crippen LogP contribution in [0, 0.1) is 17.1 Å². The molecule has 7 nitrogen and oxygen atoms in total. The number of nitrogens with one attached hydrogen (secondary N) is 2. The van der Waals surface area contributed by atoms with Crippen LogP contribution in [0.2, 0.25) is 0 Å². The number of hydrogen-bond acceptors (Lipinski definition) is 6. The van der Waals surface area contributed by atoms with E-state index in [1.165, 1.54) is 25.6 Å². The van der Waals surface area contributed by atoms with E-state index in [-0.39, 0.29) is 11.4 Å². The molecule has 0 saturated heterocycles. The summed E-state index contributed by atoms with van der Waals surface area (Å²) in [7, 11) is -1.28. The maximum Gasteiger partial charge on any atom is 0.265 e. The average Bonchev–Trinajstić information content (AvgIpc) is 2.52. The number of nitriles is 1. The van der Waals surface area contributed by atoms with Crippen molar-refractivity contribution >= 4 is 16.2 Å². The quantitative estimate of drug-likeness (QED) is 0.725. The predicted molar refractivity (Wildman–Crippen MR) is 84.0 cm³/mol. The van der Waals surface area contributed by atoms with Crippen LogP contribution in [-0.2, 0) is 10.0 Å². The summed E-state index contributed by atoms with van der Waals surface area (Å²) >= 11 is 0. The van der Waals surface area contributed by atoms with E-state index in [1.54, 1.807) is 14.0 Å². The van der Waals surface area contributed by atoms with Crippen LogP contribution in [-0.4, -0.2) is 34.8 Å². The molecule has 0 fully saturated rings. The molecule has 1 aromatic carbocycles. The number of rotatable bonds is 7. The monoisotopic (exact) mass is 340 g/mol. The molecule has 0 aliphatic carbocycles. The van der Waals surface area contributed by atoms with E-state index in [0.29, 0.717) is 0 Å². The summed E-state index contributed by atoms with van der Waals surface area (Å²) in [6.45, 7) is 1.55. The zero-order valence-electron chi connectivity index (χ0n) is 12.9. The lowest BCUT2D eigenvalue weighted by molar-refractivity contribution is 0.411. The van der Waals surface area contributed by atoms with Gasteiger partial charge in [0.25, 0.3) is 10.0 Å².